The highest BCUT2D eigenvalue weighted by Gasteiger charge is 2.28. The summed E-state index contributed by atoms with van der Waals surface area (Å²) in [6.07, 6.45) is 1.49. The molecule has 6 nitrogen and oxygen atoms in total. The van der Waals surface area contributed by atoms with Crippen molar-refractivity contribution in [1.29, 1.82) is 0 Å². The van der Waals surface area contributed by atoms with Crippen molar-refractivity contribution in [3.63, 3.8) is 0 Å². The number of hydrogen-bond acceptors (Lipinski definition) is 5. The molecule has 1 fully saturated rings. The predicted octanol–water partition coefficient (Wildman–Crippen LogP) is 1.79. The molecule has 0 saturated carbocycles. The molecule has 1 aromatic heterocycles. The van der Waals surface area contributed by atoms with Crippen molar-refractivity contribution < 1.29 is 8.42 Å². The normalized spacial score (nSPS) is 22.3. The number of aromatic amines is 1. The molecule has 0 amide bonds. The van der Waals surface area contributed by atoms with E-state index < -0.39 is 9.84 Å². The van der Waals surface area contributed by atoms with Gasteiger partial charge in [-0.05, 0) is 32.6 Å². The summed E-state index contributed by atoms with van der Waals surface area (Å²) in [6, 6.07) is 0.349. The summed E-state index contributed by atoms with van der Waals surface area (Å²) in [5.41, 5.74) is 0. The van der Waals surface area contributed by atoms with Crippen molar-refractivity contribution in [2.45, 2.75) is 58.5 Å². The Morgan fingerprint density at radius 1 is 1.19 bits per heavy atom. The number of nitrogens with one attached hydrogen (secondary N) is 2. The first-order valence-corrected chi connectivity index (χ1v) is 9.49. The van der Waals surface area contributed by atoms with Crippen LogP contribution in [0, 0.1) is 5.92 Å². The Labute approximate surface area is 127 Å². The van der Waals surface area contributed by atoms with Crippen LogP contribution >= 0.6 is 0 Å². The van der Waals surface area contributed by atoms with Gasteiger partial charge in [-0.3, -0.25) is 5.10 Å². The minimum atomic E-state index is -2.79. The van der Waals surface area contributed by atoms with Crippen LogP contribution in [0.4, 0.5) is 0 Å². The maximum atomic E-state index is 11.5. The van der Waals surface area contributed by atoms with Gasteiger partial charge < -0.3 is 5.32 Å². The molecular formula is C14H26N4O2S. The van der Waals surface area contributed by atoms with Gasteiger partial charge in [0.1, 0.15) is 15.7 Å². The largest absolute Gasteiger partial charge is 0.305 e. The molecule has 0 bridgehead atoms. The van der Waals surface area contributed by atoms with E-state index in [2.05, 4.69) is 48.2 Å². The molecule has 1 aliphatic heterocycles. The van der Waals surface area contributed by atoms with E-state index in [1.807, 2.05) is 0 Å². The average molecular weight is 314 g/mol. The Bertz CT molecular complexity index is 553. The van der Waals surface area contributed by atoms with Gasteiger partial charge in [0.2, 0.25) is 0 Å². The van der Waals surface area contributed by atoms with Gasteiger partial charge in [-0.1, -0.05) is 13.8 Å². The van der Waals surface area contributed by atoms with Crippen LogP contribution < -0.4 is 5.32 Å². The highest BCUT2D eigenvalue weighted by atomic mass is 32.2. The molecule has 2 unspecified atom stereocenters. The van der Waals surface area contributed by atoms with Gasteiger partial charge in [0.15, 0.2) is 5.82 Å². The van der Waals surface area contributed by atoms with Crippen LogP contribution in [0.1, 0.15) is 64.1 Å². The van der Waals surface area contributed by atoms with Gasteiger partial charge in [0, 0.05) is 12.0 Å². The fourth-order valence-corrected chi connectivity index (χ4v) is 4.29. The zero-order valence-corrected chi connectivity index (χ0v) is 14.1. The van der Waals surface area contributed by atoms with E-state index in [1.165, 1.54) is 0 Å². The molecule has 1 saturated heterocycles. The Hall–Kier alpha value is -0.950. The fourth-order valence-electron chi connectivity index (χ4n) is 2.76. The number of nitrogens with zero attached hydrogens (tertiary/aromatic N) is 2. The molecular weight excluding hydrogens is 288 g/mol. The quantitative estimate of drug-likeness (QED) is 0.865. The maximum Gasteiger partial charge on any atom is 0.153 e. The minimum Gasteiger partial charge on any atom is -0.305 e. The lowest BCUT2D eigenvalue weighted by atomic mass is 9.94. The molecule has 0 spiro atoms. The van der Waals surface area contributed by atoms with E-state index >= 15 is 0 Å². The van der Waals surface area contributed by atoms with Gasteiger partial charge in [-0.2, -0.15) is 5.10 Å². The summed E-state index contributed by atoms with van der Waals surface area (Å²) < 4.78 is 23.0. The van der Waals surface area contributed by atoms with Crippen molar-refractivity contribution in [1.82, 2.24) is 20.5 Å². The topological polar surface area (TPSA) is 87.7 Å². The lowest BCUT2D eigenvalue weighted by molar-refractivity contribution is 0.319. The first-order chi connectivity index (χ1) is 9.78. The van der Waals surface area contributed by atoms with Gasteiger partial charge in [-0.15, -0.1) is 0 Å². The third-order valence-corrected chi connectivity index (χ3v) is 5.98. The second-order valence-corrected chi connectivity index (χ2v) is 8.70. The molecule has 0 radical (unpaired) electrons. The van der Waals surface area contributed by atoms with E-state index in [4.69, 9.17) is 0 Å². The number of hydrogen-bond donors (Lipinski definition) is 2. The van der Waals surface area contributed by atoms with Crippen molar-refractivity contribution in [3.05, 3.63) is 11.6 Å². The van der Waals surface area contributed by atoms with Crippen LogP contribution in [0.25, 0.3) is 0 Å². The van der Waals surface area contributed by atoms with E-state index in [1.54, 1.807) is 0 Å². The van der Waals surface area contributed by atoms with Crippen molar-refractivity contribution in [3.8, 4) is 0 Å². The number of rotatable bonds is 5. The number of sulfone groups is 1. The number of aromatic nitrogens is 3. The summed E-state index contributed by atoms with van der Waals surface area (Å²) in [4.78, 5) is 4.51. The second kappa shape index (κ2) is 6.44. The third-order valence-electron chi connectivity index (χ3n) is 4.27. The second-order valence-electron chi connectivity index (χ2n) is 6.40. The van der Waals surface area contributed by atoms with Crippen LogP contribution in [-0.2, 0) is 9.84 Å². The zero-order chi connectivity index (χ0) is 15.6. The maximum absolute atomic E-state index is 11.5. The lowest BCUT2D eigenvalue weighted by Gasteiger charge is -2.30. The monoisotopic (exact) mass is 314 g/mol. The minimum absolute atomic E-state index is 0.0820. The smallest absolute Gasteiger partial charge is 0.153 e. The van der Waals surface area contributed by atoms with E-state index in [0.717, 1.165) is 24.5 Å². The highest BCUT2D eigenvalue weighted by molar-refractivity contribution is 7.91. The van der Waals surface area contributed by atoms with E-state index in [0.29, 0.717) is 23.3 Å². The zero-order valence-electron chi connectivity index (χ0n) is 13.3. The molecule has 0 aromatic carbocycles. The Kier molecular flexibility index (Phi) is 5.03. The standard InChI is InChI=1S/C14H26N4O2S/c1-9(2)13-16-14(18-17-13)11(4)15-10(3)12-5-7-21(19,20)8-6-12/h9-12,15H,5-8H2,1-4H3,(H,16,17,18). The summed E-state index contributed by atoms with van der Waals surface area (Å²) in [6.45, 7) is 8.31. The van der Waals surface area contributed by atoms with Crippen LogP contribution in [0.5, 0.6) is 0 Å². The third kappa shape index (κ3) is 4.26. The van der Waals surface area contributed by atoms with Crippen molar-refractivity contribution in [2.24, 2.45) is 5.92 Å². The van der Waals surface area contributed by atoms with Crippen molar-refractivity contribution >= 4 is 9.84 Å². The summed E-state index contributed by atoms with van der Waals surface area (Å²) >= 11 is 0. The molecule has 1 aliphatic rings. The molecule has 2 rings (SSSR count). The predicted molar refractivity (Wildman–Crippen MR) is 82.9 cm³/mol. The van der Waals surface area contributed by atoms with Crippen LogP contribution in [0.3, 0.4) is 0 Å². The van der Waals surface area contributed by atoms with Crippen LogP contribution in [0.2, 0.25) is 0 Å². The van der Waals surface area contributed by atoms with Crippen LogP contribution in [-0.4, -0.2) is 41.1 Å². The SMILES string of the molecule is CC(C)c1n[nH]c(C(C)NC(C)C2CCS(=O)(=O)CC2)n1. The number of H-pyrrole nitrogens is 1. The first kappa shape index (κ1) is 16.4. The van der Waals surface area contributed by atoms with Crippen molar-refractivity contribution in [2.75, 3.05) is 11.5 Å². The summed E-state index contributed by atoms with van der Waals surface area (Å²) in [5, 5.41) is 10.7. The Morgan fingerprint density at radius 3 is 2.33 bits per heavy atom. The molecule has 120 valence electrons. The molecule has 21 heavy (non-hydrogen) atoms. The van der Waals surface area contributed by atoms with Gasteiger partial charge in [0.25, 0.3) is 0 Å². The highest BCUT2D eigenvalue weighted by Crippen LogP contribution is 2.23. The van der Waals surface area contributed by atoms with Gasteiger partial charge in [0.05, 0.1) is 17.5 Å². The molecule has 0 aliphatic carbocycles. The Balaban J connectivity index is 1.91. The molecule has 1 aromatic rings. The van der Waals surface area contributed by atoms with Crippen LogP contribution in [0.15, 0.2) is 0 Å². The summed E-state index contributed by atoms with van der Waals surface area (Å²) in [5.74, 6) is 3.02. The molecule has 2 heterocycles. The molecule has 2 N–H and O–H groups in total. The summed E-state index contributed by atoms with van der Waals surface area (Å²) in [7, 11) is -2.79. The lowest BCUT2D eigenvalue weighted by Crippen LogP contribution is -2.39. The van der Waals surface area contributed by atoms with Gasteiger partial charge >= 0.3 is 0 Å². The Morgan fingerprint density at radius 2 is 1.81 bits per heavy atom. The van der Waals surface area contributed by atoms with Gasteiger partial charge in [-0.25, -0.2) is 13.4 Å². The first-order valence-electron chi connectivity index (χ1n) is 7.67. The van der Waals surface area contributed by atoms with E-state index in [9.17, 15) is 8.42 Å². The molecule has 7 heteroatoms. The fraction of sp³-hybridized carbons (Fsp3) is 0.857. The average Bonchev–Trinajstić information content (AvgIpc) is 2.88. The molecule has 2 atom stereocenters. The van der Waals surface area contributed by atoms with E-state index in [-0.39, 0.29) is 12.1 Å².